The van der Waals surface area contributed by atoms with Gasteiger partial charge in [0, 0.05) is 11.9 Å². The number of aryl methyl sites for hydroxylation is 1. The molecule has 0 unspecified atom stereocenters. The van der Waals surface area contributed by atoms with Crippen LogP contribution in [0.2, 0.25) is 0 Å². The van der Waals surface area contributed by atoms with Crippen LogP contribution in [0.3, 0.4) is 0 Å². The highest BCUT2D eigenvalue weighted by Crippen LogP contribution is 2.37. The number of carbonyl (C=O) groups excluding carboxylic acids is 1. The molecule has 0 saturated carbocycles. The van der Waals surface area contributed by atoms with Gasteiger partial charge in [0.2, 0.25) is 0 Å². The van der Waals surface area contributed by atoms with E-state index in [9.17, 15) is 13.2 Å². The van der Waals surface area contributed by atoms with Crippen LogP contribution in [0, 0.1) is 0 Å². The third-order valence-electron chi connectivity index (χ3n) is 3.66. The van der Waals surface area contributed by atoms with Gasteiger partial charge in [0.25, 0.3) is 0 Å². The molecule has 0 aromatic carbocycles. The second-order valence-corrected chi connectivity index (χ2v) is 7.15. The topological polar surface area (TPSA) is 73.3 Å². The van der Waals surface area contributed by atoms with Crippen molar-refractivity contribution in [1.82, 2.24) is 4.98 Å². The van der Waals surface area contributed by atoms with Gasteiger partial charge in [-0.25, -0.2) is 8.42 Å². The van der Waals surface area contributed by atoms with E-state index in [4.69, 9.17) is 4.74 Å². The fourth-order valence-electron chi connectivity index (χ4n) is 2.57. The summed E-state index contributed by atoms with van der Waals surface area (Å²) in [6, 6.07) is 5.47. The lowest BCUT2D eigenvalue weighted by atomic mass is 9.96. The van der Waals surface area contributed by atoms with E-state index < -0.39 is 20.6 Å². The summed E-state index contributed by atoms with van der Waals surface area (Å²) in [6.45, 7) is 0. The van der Waals surface area contributed by atoms with E-state index in [0.29, 0.717) is 19.3 Å². The predicted molar refractivity (Wildman–Crippen MR) is 70.3 cm³/mol. The van der Waals surface area contributed by atoms with Gasteiger partial charge in [0.1, 0.15) is 0 Å². The predicted octanol–water partition coefficient (Wildman–Crippen LogP) is 1.13. The van der Waals surface area contributed by atoms with Gasteiger partial charge in [-0.1, -0.05) is 6.07 Å². The van der Waals surface area contributed by atoms with E-state index in [2.05, 4.69) is 4.98 Å². The minimum Gasteiger partial charge on any atom is -0.468 e. The first-order valence-electron chi connectivity index (χ1n) is 6.22. The monoisotopic (exact) mass is 283 g/mol. The first-order valence-corrected chi connectivity index (χ1v) is 7.88. The first-order chi connectivity index (χ1) is 9.02. The van der Waals surface area contributed by atoms with Crippen molar-refractivity contribution >= 4 is 15.8 Å². The molecule has 2 heterocycles. The molecular formula is C13H17NO4S. The number of hydrogen-bond donors (Lipinski definition) is 0. The van der Waals surface area contributed by atoms with E-state index in [0.717, 1.165) is 5.69 Å². The summed E-state index contributed by atoms with van der Waals surface area (Å²) >= 11 is 0. The van der Waals surface area contributed by atoms with Crippen LogP contribution in [-0.4, -0.2) is 37.0 Å². The number of aromatic nitrogens is 1. The first kappa shape index (κ1) is 14.0. The van der Waals surface area contributed by atoms with Crippen LogP contribution in [0.4, 0.5) is 0 Å². The molecular weight excluding hydrogens is 266 g/mol. The van der Waals surface area contributed by atoms with Crippen molar-refractivity contribution in [2.24, 2.45) is 0 Å². The number of nitrogens with zero attached hydrogens (tertiary/aromatic N) is 1. The average Bonchev–Trinajstić information content (AvgIpc) is 2.72. The number of esters is 1. The van der Waals surface area contributed by atoms with Crippen molar-refractivity contribution in [3.8, 4) is 0 Å². The number of carbonyl (C=O) groups is 1. The van der Waals surface area contributed by atoms with Gasteiger partial charge in [-0.2, -0.15) is 0 Å². The molecule has 1 fully saturated rings. The fraction of sp³-hybridized carbons (Fsp3) is 0.538. The van der Waals surface area contributed by atoms with Gasteiger partial charge in [-0.05, 0) is 37.8 Å². The lowest BCUT2D eigenvalue weighted by molar-refractivity contribution is -0.144. The maximum Gasteiger partial charge on any atom is 0.327 e. The highest BCUT2D eigenvalue weighted by Gasteiger charge is 2.54. The molecule has 1 atom stereocenters. The summed E-state index contributed by atoms with van der Waals surface area (Å²) in [5.41, 5.74) is 0.785. The number of pyridine rings is 1. The third kappa shape index (κ3) is 2.49. The smallest absolute Gasteiger partial charge is 0.327 e. The Morgan fingerprint density at radius 3 is 2.79 bits per heavy atom. The van der Waals surface area contributed by atoms with Gasteiger partial charge >= 0.3 is 5.97 Å². The minimum atomic E-state index is -3.43. The SMILES string of the molecule is COC(=O)[C@@]1(CCc2ccccn2)CCCS1(=O)=O. The molecule has 0 spiro atoms. The van der Waals surface area contributed by atoms with E-state index in [1.54, 1.807) is 12.3 Å². The van der Waals surface area contributed by atoms with Gasteiger partial charge in [-0.3, -0.25) is 9.78 Å². The van der Waals surface area contributed by atoms with Crippen LogP contribution in [-0.2, 0) is 25.8 Å². The molecule has 0 N–H and O–H groups in total. The molecule has 0 aliphatic carbocycles. The summed E-state index contributed by atoms with van der Waals surface area (Å²) in [4.78, 5) is 16.1. The van der Waals surface area contributed by atoms with E-state index in [-0.39, 0.29) is 12.2 Å². The van der Waals surface area contributed by atoms with E-state index >= 15 is 0 Å². The molecule has 1 aliphatic rings. The van der Waals surface area contributed by atoms with Crippen LogP contribution >= 0.6 is 0 Å². The van der Waals surface area contributed by atoms with Crippen LogP contribution in [0.15, 0.2) is 24.4 Å². The van der Waals surface area contributed by atoms with E-state index in [1.165, 1.54) is 7.11 Å². The molecule has 1 saturated heterocycles. The molecule has 0 radical (unpaired) electrons. The van der Waals surface area contributed by atoms with Gasteiger partial charge in [0.05, 0.1) is 12.9 Å². The second-order valence-electron chi connectivity index (χ2n) is 4.73. The maximum atomic E-state index is 12.2. The summed E-state index contributed by atoms with van der Waals surface area (Å²) in [5, 5.41) is 0. The largest absolute Gasteiger partial charge is 0.468 e. The molecule has 1 aliphatic heterocycles. The zero-order chi connectivity index (χ0) is 13.9. The Kier molecular flexibility index (Phi) is 3.89. The minimum absolute atomic E-state index is 0.0598. The molecule has 1 aromatic heterocycles. The fourth-order valence-corrected chi connectivity index (χ4v) is 4.69. The number of methoxy groups -OCH3 is 1. The van der Waals surface area contributed by atoms with Crippen LogP contribution in [0.25, 0.3) is 0 Å². The van der Waals surface area contributed by atoms with E-state index in [1.807, 2.05) is 12.1 Å². The Bertz CT molecular complexity index is 555. The Balaban J connectivity index is 2.23. The molecule has 104 valence electrons. The highest BCUT2D eigenvalue weighted by molar-refractivity contribution is 7.93. The van der Waals surface area contributed by atoms with Crippen molar-refractivity contribution in [1.29, 1.82) is 0 Å². The molecule has 0 bridgehead atoms. The Morgan fingerprint density at radius 2 is 2.26 bits per heavy atom. The van der Waals surface area contributed by atoms with Gasteiger partial charge < -0.3 is 4.74 Å². The molecule has 6 heteroatoms. The summed E-state index contributed by atoms with van der Waals surface area (Å²) in [5.74, 6) is -0.578. The number of sulfone groups is 1. The zero-order valence-corrected chi connectivity index (χ0v) is 11.6. The van der Waals surface area contributed by atoms with Crippen LogP contribution in [0.5, 0.6) is 0 Å². The average molecular weight is 283 g/mol. The molecule has 0 amide bonds. The van der Waals surface area contributed by atoms with Crippen molar-refractivity contribution in [2.45, 2.75) is 30.4 Å². The molecule has 19 heavy (non-hydrogen) atoms. The van der Waals surface area contributed by atoms with Crippen molar-refractivity contribution in [2.75, 3.05) is 12.9 Å². The zero-order valence-electron chi connectivity index (χ0n) is 10.8. The standard InChI is InChI=1S/C13H17NO4S/c1-18-12(15)13(7-4-10-19(13,16)17)8-6-11-5-2-3-9-14-11/h2-3,5,9H,4,6-8,10H2,1H3/t13-/m0/s1. The Morgan fingerprint density at radius 1 is 1.47 bits per heavy atom. The normalized spacial score (nSPS) is 25.1. The lowest BCUT2D eigenvalue weighted by Gasteiger charge is -2.24. The van der Waals surface area contributed by atoms with Crippen molar-refractivity contribution < 1.29 is 17.9 Å². The van der Waals surface area contributed by atoms with Crippen LogP contribution < -0.4 is 0 Å². The van der Waals surface area contributed by atoms with Gasteiger partial charge in [0.15, 0.2) is 14.6 Å². The maximum absolute atomic E-state index is 12.2. The number of ether oxygens (including phenoxy) is 1. The summed E-state index contributed by atoms with van der Waals surface area (Å²) < 4.78 is 27.7. The number of hydrogen-bond acceptors (Lipinski definition) is 5. The number of rotatable bonds is 4. The molecule has 1 aromatic rings. The molecule has 5 nitrogen and oxygen atoms in total. The quantitative estimate of drug-likeness (QED) is 0.775. The highest BCUT2D eigenvalue weighted by atomic mass is 32.2. The summed E-state index contributed by atoms with van der Waals surface area (Å²) in [7, 11) is -2.20. The molecule has 2 rings (SSSR count). The second kappa shape index (κ2) is 5.28. The van der Waals surface area contributed by atoms with Crippen LogP contribution in [0.1, 0.15) is 25.0 Å². The van der Waals surface area contributed by atoms with Gasteiger partial charge in [-0.15, -0.1) is 0 Å². The Labute approximate surface area is 112 Å². The lowest BCUT2D eigenvalue weighted by Crippen LogP contribution is -2.44. The van der Waals surface area contributed by atoms with Crippen molar-refractivity contribution in [3.05, 3.63) is 30.1 Å². The Hall–Kier alpha value is -1.43. The van der Waals surface area contributed by atoms with Crippen molar-refractivity contribution in [3.63, 3.8) is 0 Å². The summed E-state index contributed by atoms with van der Waals surface area (Å²) in [6.07, 6.45) is 3.20. The third-order valence-corrected chi connectivity index (χ3v) is 6.25.